The number of carbonyl (C=O) groups is 3. The van der Waals surface area contributed by atoms with E-state index >= 15 is 0 Å². The number of aryl methyl sites for hydroxylation is 1. The van der Waals surface area contributed by atoms with Crippen LogP contribution < -0.4 is 21.6 Å². The van der Waals surface area contributed by atoms with Gasteiger partial charge in [0.15, 0.2) is 11.4 Å². The summed E-state index contributed by atoms with van der Waals surface area (Å²) >= 11 is 0. The summed E-state index contributed by atoms with van der Waals surface area (Å²) in [6.07, 6.45) is 9.48. The van der Waals surface area contributed by atoms with E-state index < -0.39 is 30.0 Å². The number of nitrogens with one attached hydrogen (secondary N) is 3. The molecule has 3 N–H and O–H groups in total. The summed E-state index contributed by atoms with van der Waals surface area (Å²) in [6.45, 7) is 9.93. The molecule has 16 nitrogen and oxygen atoms in total. The predicted molar refractivity (Wildman–Crippen MR) is 251 cm³/mol. The highest BCUT2D eigenvalue weighted by atomic mass is 19.3. The maximum atomic E-state index is 14.2. The fourth-order valence-corrected chi connectivity index (χ4v) is 9.71. The van der Waals surface area contributed by atoms with E-state index in [4.69, 9.17) is 4.42 Å². The van der Waals surface area contributed by atoms with Crippen LogP contribution in [0, 0.1) is 29.6 Å². The number of para-hydroxylation sites is 1. The molecule has 3 aliphatic rings. The molecule has 0 bridgehead atoms. The number of imide groups is 1. The molecule has 2 unspecified atom stereocenters. The molecule has 5 aromatic rings. The number of likely N-dealkylation sites (tertiary alicyclic amines) is 1. The highest BCUT2D eigenvalue weighted by molar-refractivity contribution is 6.03. The van der Waals surface area contributed by atoms with Crippen molar-refractivity contribution in [1.29, 1.82) is 0 Å². The number of anilines is 2. The van der Waals surface area contributed by atoms with Crippen LogP contribution in [0.2, 0.25) is 0 Å². The van der Waals surface area contributed by atoms with E-state index in [1.165, 1.54) is 21.6 Å². The van der Waals surface area contributed by atoms with E-state index in [9.17, 15) is 28.0 Å². The molecule has 356 valence electrons. The lowest BCUT2D eigenvalue weighted by Gasteiger charge is -2.35. The number of fused-ring (bicyclic) bond motifs is 1. The number of carbonyl (C=O) groups excluding carboxylic acids is 3. The highest BCUT2D eigenvalue weighted by Crippen LogP contribution is 2.36. The van der Waals surface area contributed by atoms with E-state index in [1.54, 1.807) is 30.1 Å². The molecule has 3 amide bonds. The minimum Gasteiger partial charge on any atom is -0.444 e. The van der Waals surface area contributed by atoms with Gasteiger partial charge in [-0.25, -0.2) is 23.5 Å². The third-order valence-electron chi connectivity index (χ3n) is 13.7. The van der Waals surface area contributed by atoms with Gasteiger partial charge in [-0.1, -0.05) is 38.2 Å². The third-order valence-corrected chi connectivity index (χ3v) is 13.7. The van der Waals surface area contributed by atoms with Gasteiger partial charge in [-0.05, 0) is 107 Å². The number of aromatic nitrogens is 6. The Morgan fingerprint density at radius 3 is 2.54 bits per heavy atom. The van der Waals surface area contributed by atoms with Gasteiger partial charge in [-0.3, -0.25) is 33.5 Å². The van der Waals surface area contributed by atoms with E-state index in [0.717, 1.165) is 89.8 Å². The fraction of sp³-hybridized carbons (Fsp3) is 0.531. The Morgan fingerprint density at radius 2 is 1.81 bits per heavy atom. The molecule has 3 fully saturated rings. The number of benzene rings is 1. The van der Waals surface area contributed by atoms with E-state index in [2.05, 4.69) is 73.6 Å². The van der Waals surface area contributed by atoms with Crippen molar-refractivity contribution in [2.45, 2.75) is 96.6 Å². The summed E-state index contributed by atoms with van der Waals surface area (Å²) in [7, 11) is 3.88. The molecule has 1 aliphatic carbocycles. The van der Waals surface area contributed by atoms with Gasteiger partial charge in [0.05, 0.1) is 28.3 Å². The molecule has 2 aliphatic heterocycles. The number of nitrogens with zero attached hydrogens (tertiary/aromatic N) is 8. The Hall–Kier alpha value is -6.19. The Balaban J connectivity index is 0.769. The number of alkyl halides is 2. The van der Waals surface area contributed by atoms with Gasteiger partial charge in [0.1, 0.15) is 18.1 Å². The molecule has 0 radical (unpaired) electrons. The third kappa shape index (κ3) is 11.2. The summed E-state index contributed by atoms with van der Waals surface area (Å²) in [5, 5.41) is 12.5. The average molecular weight is 922 g/mol. The second-order valence-electron chi connectivity index (χ2n) is 18.6. The van der Waals surface area contributed by atoms with Gasteiger partial charge in [0, 0.05) is 64.0 Å². The zero-order valence-electron chi connectivity index (χ0n) is 38.8. The summed E-state index contributed by atoms with van der Waals surface area (Å²) in [5.74, 6) is 7.62. The monoisotopic (exact) mass is 921 g/mol. The smallest absolute Gasteiger partial charge is 0.329 e. The standard InChI is InChI=1S/C49H61F2N11O5/c1-5-31(2)26-53-41-25-35(18-21-52-41)48-55-38(30-67-48)46(64)54-37-29-61(57-43(37)45(50)51)36-14-12-32(13-15-36)27-58(3)28-33-19-23-60(24-20-33)22-7-6-9-34-10-8-11-39-44(34)59(4)49(66)62(39)40-16-17-42(63)56-47(40)65/h8,10-11,18,21,25,29-33,36,40,45H,5,7,12-17,19-20,22-24,26-28H2,1-4H3,(H,52,53)(H,54,64)(H,56,63,65)/t31?,32-,36-,40?. The quantitative estimate of drug-likeness (QED) is 0.0684. The number of hydrogen-bond acceptors (Lipinski definition) is 11. The minimum atomic E-state index is -2.87. The molecule has 1 saturated carbocycles. The molecule has 67 heavy (non-hydrogen) atoms. The van der Waals surface area contributed by atoms with Crippen molar-refractivity contribution in [2.24, 2.45) is 24.8 Å². The zero-order chi connectivity index (χ0) is 47.2. The van der Waals surface area contributed by atoms with E-state index in [-0.39, 0.29) is 47.8 Å². The molecular weight excluding hydrogens is 861 g/mol. The lowest BCUT2D eigenvalue weighted by molar-refractivity contribution is -0.135. The number of pyridine rings is 1. The van der Waals surface area contributed by atoms with Crippen LogP contribution in [0.3, 0.4) is 0 Å². The summed E-state index contributed by atoms with van der Waals surface area (Å²) in [5.41, 5.74) is 1.84. The van der Waals surface area contributed by atoms with Crippen molar-refractivity contribution >= 4 is 40.3 Å². The number of hydrogen-bond donors (Lipinski definition) is 3. The van der Waals surface area contributed by atoms with Crippen LogP contribution >= 0.6 is 0 Å². The summed E-state index contributed by atoms with van der Waals surface area (Å²) in [4.78, 5) is 64.4. The molecule has 2 saturated heterocycles. The van der Waals surface area contributed by atoms with Crippen molar-refractivity contribution in [3.05, 3.63) is 76.4 Å². The lowest BCUT2D eigenvalue weighted by atomic mass is 9.85. The Kier molecular flexibility index (Phi) is 15.0. The molecule has 2 atom stereocenters. The van der Waals surface area contributed by atoms with Crippen LogP contribution in [-0.2, 0) is 16.6 Å². The zero-order valence-corrected chi connectivity index (χ0v) is 38.8. The first-order valence-electron chi connectivity index (χ1n) is 23.6. The highest BCUT2D eigenvalue weighted by Gasteiger charge is 2.32. The van der Waals surface area contributed by atoms with Crippen LogP contribution in [0.5, 0.6) is 0 Å². The molecule has 8 rings (SSSR count). The molecule has 0 spiro atoms. The number of rotatable bonds is 16. The van der Waals surface area contributed by atoms with Crippen molar-refractivity contribution in [2.75, 3.05) is 56.9 Å². The summed E-state index contributed by atoms with van der Waals surface area (Å²) in [6, 6.07) is 8.30. The van der Waals surface area contributed by atoms with Gasteiger partial charge in [-0.2, -0.15) is 5.10 Å². The second-order valence-corrected chi connectivity index (χ2v) is 18.6. The summed E-state index contributed by atoms with van der Waals surface area (Å²) < 4.78 is 38.7. The van der Waals surface area contributed by atoms with Crippen molar-refractivity contribution in [1.82, 2.24) is 44.0 Å². The Labute approximate surface area is 388 Å². The van der Waals surface area contributed by atoms with Crippen LogP contribution in [0.25, 0.3) is 22.5 Å². The normalized spacial score (nSPS) is 20.0. The first-order valence-corrected chi connectivity index (χ1v) is 23.6. The fourth-order valence-electron chi connectivity index (χ4n) is 9.71. The molecular formula is C49H61F2N11O5. The Bertz CT molecular complexity index is 2680. The maximum absolute atomic E-state index is 14.2. The first-order chi connectivity index (χ1) is 32.3. The van der Waals surface area contributed by atoms with Crippen molar-refractivity contribution < 1.29 is 27.6 Å². The lowest BCUT2D eigenvalue weighted by Crippen LogP contribution is -2.44. The largest absolute Gasteiger partial charge is 0.444 e. The van der Waals surface area contributed by atoms with E-state index in [1.807, 2.05) is 18.2 Å². The molecule has 6 heterocycles. The van der Waals surface area contributed by atoms with Gasteiger partial charge >= 0.3 is 5.69 Å². The predicted octanol–water partition coefficient (Wildman–Crippen LogP) is 7.03. The molecule has 4 aromatic heterocycles. The SMILES string of the molecule is CCC(C)CNc1cc(-c2nc(C(=O)Nc3cn([C@H]4CC[C@H](CN(C)CC5CCN(CCC#Cc6cccc7c6n(C)c(=O)n7C6CCC(=O)NC6=O)CC5)CC4)nc3C(F)F)co2)ccn1. The number of piperidine rings is 2. The minimum absolute atomic E-state index is 0.0319. The van der Waals surface area contributed by atoms with Crippen molar-refractivity contribution in [3.8, 4) is 23.3 Å². The van der Waals surface area contributed by atoms with Crippen LogP contribution in [0.4, 0.5) is 20.3 Å². The topological polar surface area (TPSA) is 177 Å². The van der Waals surface area contributed by atoms with E-state index in [0.29, 0.717) is 46.6 Å². The van der Waals surface area contributed by atoms with Gasteiger partial charge in [0.2, 0.25) is 17.7 Å². The molecule has 1 aromatic carbocycles. The molecule has 18 heteroatoms. The van der Waals surface area contributed by atoms with Gasteiger partial charge in [0.25, 0.3) is 12.3 Å². The first kappa shape index (κ1) is 47.3. The van der Waals surface area contributed by atoms with Gasteiger partial charge < -0.3 is 24.9 Å². The Morgan fingerprint density at radius 1 is 1.04 bits per heavy atom. The number of oxazole rings is 1. The average Bonchev–Trinajstić information content (AvgIpc) is 4.05. The second kappa shape index (κ2) is 21.2. The number of halogens is 2. The maximum Gasteiger partial charge on any atom is 0.329 e. The number of amides is 3. The van der Waals surface area contributed by atoms with Crippen molar-refractivity contribution in [3.63, 3.8) is 0 Å². The van der Waals surface area contributed by atoms with Gasteiger partial charge in [-0.15, -0.1) is 0 Å². The number of imidazole rings is 1. The van der Waals surface area contributed by atoms with Crippen LogP contribution in [0.1, 0.15) is 118 Å². The van der Waals surface area contributed by atoms with Crippen LogP contribution in [-0.4, -0.2) is 103 Å². The van der Waals surface area contributed by atoms with Crippen LogP contribution in [0.15, 0.2) is 58.2 Å².